The zero-order chi connectivity index (χ0) is 24.2. The molecule has 0 fully saturated rings. The van der Waals surface area contributed by atoms with E-state index in [0.717, 1.165) is 27.3 Å². The topological polar surface area (TPSA) is 60.7 Å². The van der Waals surface area contributed by atoms with Crippen LogP contribution in [0.2, 0.25) is 0 Å². The Morgan fingerprint density at radius 2 is 1.63 bits per heavy atom. The fourth-order valence-electron chi connectivity index (χ4n) is 3.93. The van der Waals surface area contributed by atoms with Crippen LogP contribution in [0, 0.1) is 0 Å². The number of hydrogen-bond acceptors (Lipinski definition) is 3. The number of carboxylic acids is 1. The number of hydrogen-bond donors (Lipinski definition) is 1. The monoisotopic (exact) mass is 527 g/mol. The van der Waals surface area contributed by atoms with Gasteiger partial charge >= 0.3 is 5.97 Å². The number of fused-ring (bicyclic) bond motifs is 2. The molecule has 174 valence electrons. The Morgan fingerprint density at radius 1 is 0.857 bits per heavy atom. The van der Waals surface area contributed by atoms with Crippen molar-refractivity contribution in [3.8, 4) is 11.5 Å². The fourth-order valence-corrected chi connectivity index (χ4v) is 4.31. The second kappa shape index (κ2) is 10.1. The smallest absolute Gasteiger partial charge is 0.371 e. The fraction of sp³-hybridized carbons (Fsp3) is 0.0690. The molecule has 0 aliphatic rings. The normalized spacial score (nSPS) is 11.6. The zero-order valence-corrected chi connectivity index (χ0v) is 20.3. The number of carbonyl (C=O) groups is 1. The third-order valence-corrected chi connectivity index (χ3v) is 6.16. The van der Waals surface area contributed by atoms with Crippen molar-refractivity contribution in [1.29, 1.82) is 0 Å². The minimum Gasteiger partial charge on any atom is -0.492 e. The molecule has 0 bridgehead atoms. The van der Waals surface area contributed by atoms with E-state index in [4.69, 9.17) is 9.47 Å². The summed E-state index contributed by atoms with van der Waals surface area (Å²) in [6, 6.07) is 28.9. The first kappa shape index (κ1) is 22.7. The van der Waals surface area contributed by atoms with Crippen molar-refractivity contribution in [2.24, 2.45) is 0 Å². The van der Waals surface area contributed by atoms with Gasteiger partial charge in [0.15, 0.2) is 0 Å². The molecule has 0 aliphatic heterocycles. The van der Waals surface area contributed by atoms with Gasteiger partial charge in [0.25, 0.3) is 0 Å². The lowest BCUT2D eigenvalue weighted by Crippen LogP contribution is -2.08. The molecule has 0 unspecified atom stereocenters. The minimum absolute atomic E-state index is 0.153. The van der Waals surface area contributed by atoms with E-state index in [-0.39, 0.29) is 5.76 Å². The van der Waals surface area contributed by atoms with Crippen molar-refractivity contribution in [3.63, 3.8) is 0 Å². The maximum atomic E-state index is 11.8. The van der Waals surface area contributed by atoms with Crippen LogP contribution in [0.5, 0.6) is 11.5 Å². The molecule has 4 aromatic carbocycles. The largest absolute Gasteiger partial charge is 0.492 e. The summed E-state index contributed by atoms with van der Waals surface area (Å²) in [7, 11) is 0. The summed E-state index contributed by atoms with van der Waals surface area (Å²) in [6.45, 7) is 1.23. The summed E-state index contributed by atoms with van der Waals surface area (Å²) < 4.78 is 14.8. The van der Waals surface area contributed by atoms with Gasteiger partial charge in [-0.15, -0.1) is 0 Å². The highest BCUT2D eigenvalue weighted by Crippen LogP contribution is 2.24. The van der Waals surface area contributed by atoms with Crippen molar-refractivity contribution in [2.45, 2.75) is 6.54 Å². The molecule has 5 aromatic rings. The van der Waals surface area contributed by atoms with Gasteiger partial charge < -0.3 is 19.1 Å². The predicted molar refractivity (Wildman–Crippen MR) is 142 cm³/mol. The molecular formula is C29H22BrNO4. The Kier molecular flexibility index (Phi) is 6.55. The molecule has 5 rings (SSSR count). The summed E-state index contributed by atoms with van der Waals surface area (Å²) in [5.41, 5.74) is 1.86. The van der Waals surface area contributed by atoms with E-state index in [9.17, 15) is 9.90 Å². The number of ether oxygens (including phenoxy) is 2. The number of carboxylic acid groups (broad SMARTS) is 1. The van der Waals surface area contributed by atoms with E-state index in [1.54, 1.807) is 6.07 Å². The number of benzene rings is 4. The van der Waals surface area contributed by atoms with Gasteiger partial charge in [-0.2, -0.15) is 0 Å². The zero-order valence-electron chi connectivity index (χ0n) is 18.7. The van der Waals surface area contributed by atoms with Gasteiger partial charge in [0, 0.05) is 21.6 Å². The van der Waals surface area contributed by atoms with Crippen LogP contribution in [-0.4, -0.2) is 22.2 Å². The molecule has 35 heavy (non-hydrogen) atoms. The van der Waals surface area contributed by atoms with Crippen LogP contribution in [0.1, 0.15) is 5.56 Å². The molecule has 0 spiro atoms. The van der Waals surface area contributed by atoms with E-state index in [1.807, 2.05) is 66.7 Å². The molecule has 6 heteroatoms. The van der Waals surface area contributed by atoms with Crippen LogP contribution >= 0.6 is 15.9 Å². The van der Waals surface area contributed by atoms with Gasteiger partial charge in [0.05, 0.1) is 6.54 Å². The lowest BCUT2D eigenvalue weighted by Gasteiger charge is -2.10. The molecule has 0 radical (unpaired) electrons. The molecule has 1 heterocycles. The highest BCUT2D eigenvalue weighted by molar-refractivity contribution is 9.10. The van der Waals surface area contributed by atoms with Gasteiger partial charge in [-0.05, 0) is 70.9 Å². The van der Waals surface area contributed by atoms with Crippen molar-refractivity contribution in [1.82, 2.24) is 4.57 Å². The average Bonchev–Trinajstić information content (AvgIpc) is 3.26. The SMILES string of the molecule is O=C(O)/C(=C/c1ccc(OCCn2ccc3cc(Br)ccc32)cc1)Oc1ccc2ccccc2c1. The molecule has 1 aromatic heterocycles. The Labute approximate surface area is 211 Å². The third kappa shape index (κ3) is 5.39. The molecule has 0 saturated heterocycles. The van der Waals surface area contributed by atoms with Gasteiger partial charge in [-0.3, -0.25) is 0 Å². The Hall–Kier alpha value is -4.03. The van der Waals surface area contributed by atoms with Crippen LogP contribution in [0.4, 0.5) is 0 Å². The summed E-state index contributed by atoms with van der Waals surface area (Å²) in [5.74, 6) is -0.0968. The number of aliphatic carboxylic acids is 1. The predicted octanol–water partition coefficient (Wildman–Crippen LogP) is 7.14. The first-order chi connectivity index (χ1) is 17.0. The van der Waals surface area contributed by atoms with Gasteiger partial charge in [-0.25, -0.2) is 4.79 Å². The second-order valence-corrected chi connectivity index (χ2v) is 8.97. The van der Waals surface area contributed by atoms with Crippen LogP contribution in [0.15, 0.2) is 107 Å². The summed E-state index contributed by atoms with van der Waals surface area (Å²) in [5, 5.41) is 12.9. The van der Waals surface area contributed by atoms with Gasteiger partial charge in [0.1, 0.15) is 18.1 Å². The summed E-state index contributed by atoms with van der Waals surface area (Å²) >= 11 is 3.50. The first-order valence-electron chi connectivity index (χ1n) is 11.1. The average molecular weight is 528 g/mol. The number of halogens is 1. The van der Waals surface area contributed by atoms with E-state index in [1.165, 1.54) is 11.5 Å². The number of aromatic nitrogens is 1. The van der Waals surface area contributed by atoms with Crippen molar-refractivity contribution < 1.29 is 19.4 Å². The Bertz CT molecular complexity index is 1540. The molecule has 5 nitrogen and oxygen atoms in total. The molecular weight excluding hydrogens is 506 g/mol. The Morgan fingerprint density at radius 3 is 2.43 bits per heavy atom. The van der Waals surface area contributed by atoms with E-state index in [2.05, 4.69) is 44.9 Å². The summed E-state index contributed by atoms with van der Waals surface area (Å²) in [4.78, 5) is 11.8. The van der Waals surface area contributed by atoms with Crippen LogP contribution in [-0.2, 0) is 11.3 Å². The van der Waals surface area contributed by atoms with Crippen molar-refractivity contribution >= 4 is 49.7 Å². The van der Waals surface area contributed by atoms with Crippen LogP contribution < -0.4 is 9.47 Å². The summed E-state index contributed by atoms with van der Waals surface area (Å²) in [6.07, 6.45) is 3.56. The van der Waals surface area contributed by atoms with Crippen molar-refractivity contribution in [3.05, 3.63) is 113 Å². The molecule has 0 aliphatic carbocycles. The van der Waals surface area contributed by atoms with E-state index < -0.39 is 5.97 Å². The molecule has 0 atom stereocenters. The second-order valence-electron chi connectivity index (χ2n) is 8.05. The number of nitrogens with zero attached hydrogens (tertiary/aromatic N) is 1. The lowest BCUT2D eigenvalue weighted by atomic mass is 10.1. The Balaban J connectivity index is 1.23. The molecule has 0 amide bonds. The lowest BCUT2D eigenvalue weighted by molar-refractivity contribution is -0.134. The minimum atomic E-state index is -1.13. The van der Waals surface area contributed by atoms with Crippen LogP contribution in [0.25, 0.3) is 27.8 Å². The van der Waals surface area contributed by atoms with E-state index in [0.29, 0.717) is 23.7 Å². The third-order valence-electron chi connectivity index (χ3n) is 5.67. The van der Waals surface area contributed by atoms with Gasteiger partial charge in [-0.1, -0.05) is 58.4 Å². The quantitative estimate of drug-likeness (QED) is 0.172. The van der Waals surface area contributed by atoms with E-state index >= 15 is 0 Å². The van der Waals surface area contributed by atoms with Gasteiger partial charge in [0.2, 0.25) is 5.76 Å². The maximum absolute atomic E-state index is 11.8. The standard InChI is InChI=1S/C29H22BrNO4/c30-24-8-12-27-23(18-24)13-14-31(27)15-16-34-25-9-5-20(6-10-25)17-28(29(32)33)35-26-11-7-21-3-1-2-4-22(21)19-26/h1-14,17-19H,15-16H2,(H,32,33)/b28-17-. The highest BCUT2D eigenvalue weighted by atomic mass is 79.9. The highest BCUT2D eigenvalue weighted by Gasteiger charge is 2.11. The maximum Gasteiger partial charge on any atom is 0.371 e. The van der Waals surface area contributed by atoms with Crippen molar-refractivity contribution in [2.75, 3.05) is 6.61 Å². The molecule has 0 saturated carbocycles. The first-order valence-corrected chi connectivity index (χ1v) is 11.9. The van der Waals surface area contributed by atoms with Crippen LogP contribution in [0.3, 0.4) is 0 Å². The molecule has 1 N–H and O–H groups in total. The number of rotatable bonds is 8.